The molecule has 1 amide bonds. The normalized spacial score (nSPS) is 9.76. The van der Waals surface area contributed by atoms with Crippen molar-refractivity contribution >= 4 is 46.0 Å². The Hall–Kier alpha value is -0.780. The molecule has 0 radical (unpaired) electrons. The number of hydrogen-bond donors (Lipinski definition) is 1. The average molecular weight is 290 g/mol. The van der Waals surface area contributed by atoms with E-state index in [1.165, 1.54) is 11.8 Å². The maximum atomic E-state index is 11.1. The molecule has 0 aliphatic heterocycles. The Morgan fingerprint density at radius 3 is 2.71 bits per heavy atom. The summed E-state index contributed by atoms with van der Waals surface area (Å²) in [6.07, 6.45) is -0.513. The fourth-order valence-electron chi connectivity index (χ4n) is 1.02. The van der Waals surface area contributed by atoms with E-state index >= 15 is 0 Å². The molecule has 1 N–H and O–H groups in total. The minimum Gasteiger partial charge on any atom is -0.450 e. The number of benzene rings is 1. The fraction of sp³-hybridized carbons (Fsp3) is 0.273. The van der Waals surface area contributed by atoms with Gasteiger partial charge in [-0.25, -0.2) is 4.79 Å². The average Bonchev–Trinajstić information content (AvgIpc) is 2.28. The van der Waals surface area contributed by atoms with Gasteiger partial charge in [0, 0.05) is 10.8 Å². The Bertz CT molecular complexity index is 395. The number of alkyl carbamates (subject to hydrolysis) is 1. The van der Waals surface area contributed by atoms with E-state index in [2.05, 4.69) is 5.32 Å². The second kappa shape index (κ2) is 7.53. The first-order valence-corrected chi connectivity index (χ1v) is 6.74. The van der Waals surface area contributed by atoms with Crippen LogP contribution in [0.5, 0.6) is 0 Å². The molecule has 6 heteroatoms. The lowest BCUT2D eigenvalue weighted by Crippen LogP contribution is -2.27. The lowest BCUT2D eigenvalue weighted by molar-refractivity contribution is 0.158. The molecule has 3 nitrogen and oxygen atoms in total. The number of hydrogen-bond acceptors (Lipinski definition) is 4. The second-order valence-electron chi connectivity index (χ2n) is 3.05. The second-order valence-corrected chi connectivity index (χ2v) is 5.14. The van der Waals surface area contributed by atoms with Gasteiger partial charge in [-0.1, -0.05) is 47.7 Å². The summed E-state index contributed by atoms with van der Waals surface area (Å²) in [5, 5.41) is 3.17. The van der Waals surface area contributed by atoms with Crippen molar-refractivity contribution in [2.24, 2.45) is 0 Å². The molecule has 0 fully saturated rings. The van der Waals surface area contributed by atoms with E-state index in [1.54, 1.807) is 6.92 Å². The van der Waals surface area contributed by atoms with E-state index in [0.29, 0.717) is 21.7 Å². The highest BCUT2D eigenvalue weighted by molar-refractivity contribution is 8.22. The Labute approximate surface area is 115 Å². The lowest BCUT2D eigenvalue weighted by Gasteiger charge is -2.06. The molecule has 0 saturated carbocycles. The Balaban J connectivity index is 2.33. The molecule has 0 bridgehead atoms. The largest absolute Gasteiger partial charge is 0.450 e. The summed E-state index contributed by atoms with van der Waals surface area (Å²) in [4.78, 5) is 11.1. The Morgan fingerprint density at radius 2 is 2.12 bits per heavy atom. The maximum Gasteiger partial charge on any atom is 0.412 e. The molecule has 1 aromatic carbocycles. The number of thioether (sulfide) groups is 1. The molecule has 0 saturated heterocycles. The lowest BCUT2D eigenvalue weighted by atomic mass is 10.2. The molecular weight excluding hydrogens is 278 g/mol. The van der Waals surface area contributed by atoms with Crippen LogP contribution in [0.25, 0.3) is 0 Å². The summed E-state index contributed by atoms with van der Waals surface area (Å²) < 4.78 is 5.11. The van der Waals surface area contributed by atoms with Gasteiger partial charge in [-0.15, -0.1) is 0 Å². The predicted octanol–water partition coefficient (Wildman–Crippen LogP) is 3.60. The number of nitrogens with one attached hydrogen (secondary N) is 1. The topological polar surface area (TPSA) is 38.3 Å². The minimum absolute atomic E-state index is 0.330. The first-order valence-electron chi connectivity index (χ1n) is 4.96. The molecule has 0 aliphatic carbocycles. The van der Waals surface area contributed by atoms with Gasteiger partial charge in [0.1, 0.15) is 4.32 Å². The van der Waals surface area contributed by atoms with Crippen LogP contribution in [0.2, 0.25) is 5.02 Å². The number of amides is 1. The zero-order valence-corrected chi connectivity index (χ0v) is 11.6. The van der Waals surface area contributed by atoms with Gasteiger partial charge >= 0.3 is 6.09 Å². The van der Waals surface area contributed by atoms with Crippen LogP contribution in [0, 0.1) is 0 Å². The SMILES string of the molecule is CCOC(=O)NC(=S)SCc1ccc(Cl)cc1. The number of thiocarbonyl (C=S) groups is 1. The van der Waals surface area contributed by atoms with Gasteiger partial charge in [0.05, 0.1) is 6.61 Å². The van der Waals surface area contributed by atoms with E-state index < -0.39 is 6.09 Å². The standard InChI is InChI=1S/C11H12ClNO2S2/c1-2-15-10(14)13-11(16)17-7-8-3-5-9(12)6-4-8/h3-6H,2,7H2,1H3,(H,13,14,16). The van der Waals surface area contributed by atoms with Gasteiger partial charge in [0.2, 0.25) is 0 Å². The third-order valence-corrected chi connectivity index (χ3v) is 3.31. The molecule has 0 atom stereocenters. The molecule has 0 unspecified atom stereocenters. The van der Waals surface area contributed by atoms with Crippen LogP contribution in [-0.4, -0.2) is 17.0 Å². The van der Waals surface area contributed by atoms with E-state index in [9.17, 15) is 4.79 Å². The summed E-state index contributed by atoms with van der Waals surface area (Å²) in [5.41, 5.74) is 1.09. The molecule has 1 aromatic rings. The molecule has 17 heavy (non-hydrogen) atoms. The van der Waals surface area contributed by atoms with Crippen molar-refractivity contribution in [3.05, 3.63) is 34.9 Å². The number of halogens is 1. The van der Waals surface area contributed by atoms with Crippen molar-refractivity contribution in [2.45, 2.75) is 12.7 Å². The van der Waals surface area contributed by atoms with Crippen molar-refractivity contribution in [1.29, 1.82) is 0 Å². The van der Waals surface area contributed by atoms with Crippen LogP contribution in [0.1, 0.15) is 12.5 Å². The van der Waals surface area contributed by atoms with Crippen molar-refractivity contribution in [1.82, 2.24) is 5.32 Å². The molecule has 0 heterocycles. The summed E-state index contributed by atoms with van der Waals surface area (Å²) >= 11 is 12.1. The fourth-order valence-corrected chi connectivity index (χ4v) is 2.05. The number of carbonyl (C=O) groups excluding carboxylic acids is 1. The van der Waals surface area contributed by atoms with Crippen LogP contribution >= 0.6 is 35.6 Å². The third kappa shape index (κ3) is 5.91. The third-order valence-electron chi connectivity index (χ3n) is 1.76. The van der Waals surface area contributed by atoms with E-state index in [4.69, 9.17) is 28.6 Å². The number of ether oxygens (including phenoxy) is 1. The quantitative estimate of drug-likeness (QED) is 0.863. The number of rotatable bonds is 3. The molecule has 1 rings (SSSR count). The van der Waals surface area contributed by atoms with Crippen LogP contribution in [0.4, 0.5) is 4.79 Å². The highest BCUT2D eigenvalue weighted by Gasteiger charge is 2.05. The maximum absolute atomic E-state index is 11.1. The highest BCUT2D eigenvalue weighted by atomic mass is 35.5. The molecular formula is C11H12ClNO2S2. The summed E-state index contributed by atoms with van der Waals surface area (Å²) in [7, 11) is 0. The minimum atomic E-state index is -0.513. The zero-order valence-electron chi connectivity index (χ0n) is 9.23. The Kier molecular flexibility index (Phi) is 6.32. The van der Waals surface area contributed by atoms with Crippen LogP contribution in [0.3, 0.4) is 0 Å². The van der Waals surface area contributed by atoms with E-state index in [0.717, 1.165) is 5.56 Å². The molecule has 92 valence electrons. The first kappa shape index (κ1) is 14.3. The van der Waals surface area contributed by atoms with Crippen LogP contribution < -0.4 is 5.32 Å². The smallest absolute Gasteiger partial charge is 0.412 e. The Morgan fingerprint density at radius 1 is 1.47 bits per heavy atom. The summed E-state index contributed by atoms with van der Waals surface area (Å²) in [6, 6.07) is 7.48. The summed E-state index contributed by atoms with van der Waals surface area (Å²) in [5.74, 6) is 0.683. The van der Waals surface area contributed by atoms with E-state index in [-0.39, 0.29) is 0 Å². The van der Waals surface area contributed by atoms with Crippen molar-refractivity contribution in [2.75, 3.05) is 6.61 Å². The van der Waals surface area contributed by atoms with Gasteiger partial charge in [-0.05, 0) is 24.6 Å². The van der Waals surface area contributed by atoms with Crippen molar-refractivity contribution < 1.29 is 9.53 Å². The molecule has 0 spiro atoms. The molecule has 0 aliphatic rings. The zero-order chi connectivity index (χ0) is 12.7. The van der Waals surface area contributed by atoms with Gasteiger partial charge in [-0.2, -0.15) is 0 Å². The van der Waals surface area contributed by atoms with Gasteiger partial charge < -0.3 is 4.74 Å². The molecule has 0 aromatic heterocycles. The van der Waals surface area contributed by atoms with Gasteiger partial charge in [0.25, 0.3) is 0 Å². The van der Waals surface area contributed by atoms with Crippen molar-refractivity contribution in [3.8, 4) is 0 Å². The van der Waals surface area contributed by atoms with Gasteiger partial charge in [0.15, 0.2) is 0 Å². The highest BCUT2D eigenvalue weighted by Crippen LogP contribution is 2.16. The first-order chi connectivity index (χ1) is 8.11. The number of carbonyl (C=O) groups is 1. The van der Waals surface area contributed by atoms with Crippen LogP contribution in [0.15, 0.2) is 24.3 Å². The van der Waals surface area contributed by atoms with Crippen molar-refractivity contribution in [3.63, 3.8) is 0 Å². The predicted molar refractivity (Wildman–Crippen MR) is 75.5 cm³/mol. The van der Waals surface area contributed by atoms with Crippen LogP contribution in [-0.2, 0) is 10.5 Å². The monoisotopic (exact) mass is 289 g/mol. The van der Waals surface area contributed by atoms with E-state index in [1.807, 2.05) is 24.3 Å². The van der Waals surface area contributed by atoms with Gasteiger partial charge in [-0.3, -0.25) is 5.32 Å². The summed E-state index contributed by atoms with van der Waals surface area (Å²) in [6.45, 7) is 2.07.